The normalized spacial score (nSPS) is 11.4. The first-order valence-corrected chi connectivity index (χ1v) is 6.55. The van der Waals surface area contributed by atoms with Gasteiger partial charge in [-0.1, -0.05) is 12.1 Å². The van der Waals surface area contributed by atoms with Crippen molar-refractivity contribution < 1.29 is 18.3 Å². The molecule has 2 rings (SSSR count). The summed E-state index contributed by atoms with van der Waals surface area (Å²) in [5.41, 5.74) is 0.519. The van der Waals surface area contributed by atoms with Crippen molar-refractivity contribution in [3.8, 4) is 5.75 Å². The lowest BCUT2D eigenvalue weighted by atomic mass is 10.1. The molecule has 2 N–H and O–H groups in total. The number of anilines is 1. The Balaban J connectivity index is 2.06. The van der Waals surface area contributed by atoms with Gasteiger partial charge in [-0.3, -0.25) is 0 Å². The van der Waals surface area contributed by atoms with E-state index in [-0.39, 0.29) is 5.75 Å². The molecule has 0 saturated carbocycles. The highest BCUT2D eigenvalue weighted by atomic mass is 79.9. The Morgan fingerprint density at radius 2 is 1.70 bits per heavy atom. The molecule has 0 heterocycles. The van der Waals surface area contributed by atoms with E-state index >= 15 is 0 Å². The molecule has 20 heavy (non-hydrogen) atoms. The molecule has 0 radical (unpaired) electrons. The predicted octanol–water partition coefficient (Wildman–Crippen LogP) is 4.79. The summed E-state index contributed by atoms with van der Waals surface area (Å²) in [4.78, 5) is 0. The van der Waals surface area contributed by atoms with Crippen molar-refractivity contribution in [1.82, 2.24) is 0 Å². The Morgan fingerprint density at radius 3 is 2.30 bits per heavy atom. The number of rotatable bonds is 3. The van der Waals surface area contributed by atoms with Gasteiger partial charge in [0.15, 0.2) is 0 Å². The highest BCUT2D eigenvalue weighted by molar-refractivity contribution is 9.10. The molecule has 106 valence electrons. The fourth-order valence-corrected chi connectivity index (χ4v) is 2.08. The zero-order valence-electron chi connectivity index (χ0n) is 10.2. The van der Waals surface area contributed by atoms with Gasteiger partial charge in [0, 0.05) is 17.8 Å². The number of aromatic hydroxyl groups is 1. The Hall–Kier alpha value is -1.69. The van der Waals surface area contributed by atoms with Gasteiger partial charge in [-0.2, -0.15) is 13.2 Å². The summed E-state index contributed by atoms with van der Waals surface area (Å²) in [7, 11) is 0. The third-order valence-corrected chi connectivity index (χ3v) is 3.41. The minimum absolute atomic E-state index is 0.118. The van der Waals surface area contributed by atoms with Gasteiger partial charge in [0.1, 0.15) is 5.75 Å². The first-order chi connectivity index (χ1) is 9.38. The fraction of sp³-hybridized carbons (Fsp3) is 0.143. The molecule has 2 aromatic carbocycles. The second-order valence-electron chi connectivity index (χ2n) is 4.18. The number of para-hydroxylation sites is 1. The second-order valence-corrected chi connectivity index (χ2v) is 5.03. The van der Waals surface area contributed by atoms with E-state index in [2.05, 4.69) is 21.2 Å². The van der Waals surface area contributed by atoms with Crippen molar-refractivity contribution in [3.05, 3.63) is 58.1 Å². The van der Waals surface area contributed by atoms with Crippen LogP contribution in [0.15, 0.2) is 46.9 Å². The van der Waals surface area contributed by atoms with Crippen molar-refractivity contribution in [2.24, 2.45) is 0 Å². The maximum absolute atomic E-state index is 12.4. The van der Waals surface area contributed by atoms with Crippen molar-refractivity contribution in [2.75, 3.05) is 5.32 Å². The third-order valence-electron chi connectivity index (χ3n) is 2.77. The summed E-state index contributed by atoms with van der Waals surface area (Å²) in [6.07, 6.45) is -4.33. The standard InChI is InChI=1S/C14H11BrF3NO/c15-12-3-1-2-9(13(12)20)8-19-11-6-4-10(5-7-11)14(16,17)18/h1-7,19-20H,8H2. The lowest BCUT2D eigenvalue weighted by Gasteiger charge is -2.11. The van der Waals surface area contributed by atoms with Crippen molar-refractivity contribution in [3.63, 3.8) is 0 Å². The van der Waals surface area contributed by atoms with Crippen molar-refractivity contribution >= 4 is 21.6 Å². The lowest BCUT2D eigenvalue weighted by Crippen LogP contribution is -2.05. The number of hydrogen-bond donors (Lipinski definition) is 2. The van der Waals surface area contributed by atoms with E-state index in [0.717, 1.165) is 12.1 Å². The number of halogens is 4. The van der Waals surface area contributed by atoms with Crippen LogP contribution >= 0.6 is 15.9 Å². The summed E-state index contributed by atoms with van der Waals surface area (Å²) in [6, 6.07) is 9.96. The molecule has 0 atom stereocenters. The minimum atomic E-state index is -4.33. The Labute approximate surface area is 122 Å². The van der Waals surface area contributed by atoms with Crippen LogP contribution in [0.1, 0.15) is 11.1 Å². The average Bonchev–Trinajstić information content (AvgIpc) is 2.40. The Kier molecular flexibility index (Phi) is 4.23. The molecule has 2 aromatic rings. The minimum Gasteiger partial charge on any atom is -0.506 e. The molecule has 2 nitrogen and oxygen atoms in total. The molecule has 0 amide bonds. The van der Waals surface area contributed by atoms with Gasteiger partial charge in [-0.05, 0) is 46.3 Å². The molecule has 0 saturated heterocycles. The maximum atomic E-state index is 12.4. The fourth-order valence-electron chi connectivity index (χ4n) is 1.68. The van der Waals surface area contributed by atoms with Crippen molar-refractivity contribution in [2.45, 2.75) is 12.7 Å². The molecule has 0 spiro atoms. The largest absolute Gasteiger partial charge is 0.506 e. The highest BCUT2D eigenvalue weighted by Gasteiger charge is 2.29. The second kappa shape index (κ2) is 5.75. The van der Waals surface area contributed by atoms with Gasteiger partial charge < -0.3 is 10.4 Å². The molecule has 0 fully saturated rings. The number of hydrogen-bond acceptors (Lipinski definition) is 2. The van der Waals surface area contributed by atoms with E-state index in [0.29, 0.717) is 22.3 Å². The summed E-state index contributed by atoms with van der Waals surface area (Å²) in [5, 5.41) is 12.8. The molecule has 6 heteroatoms. The zero-order valence-corrected chi connectivity index (χ0v) is 11.8. The SMILES string of the molecule is Oc1c(Br)cccc1CNc1ccc(C(F)(F)F)cc1. The Morgan fingerprint density at radius 1 is 1.05 bits per heavy atom. The van der Waals surface area contributed by atoms with Crippen LogP contribution < -0.4 is 5.32 Å². The van der Waals surface area contributed by atoms with Crippen LogP contribution in [0.3, 0.4) is 0 Å². The van der Waals surface area contributed by atoms with Gasteiger partial charge >= 0.3 is 6.18 Å². The molecule has 0 aromatic heterocycles. The van der Waals surface area contributed by atoms with E-state index in [4.69, 9.17) is 0 Å². The highest BCUT2D eigenvalue weighted by Crippen LogP contribution is 2.30. The lowest BCUT2D eigenvalue weighted by molar-refractivity contribution is -0.137. The van der Waals surface area contributed by atoms with Crippen LogP contribution in [0, 0.1) is 0 Å². The third kappa shape index (κ3) is 3.45. The maximum Gasteiger partial charge on any atom is 0.416 e. The predicted molar refractivity (Wildman–Crippen MR) is 74.6 cm³/mol. The first kappa shape index (κ1) is 14.7. The van der Waals surface area contributed by atoms with Crippen LogP contribution in [-0.2, 0) is 12.7 Å². The molecule has 0 aliphatic carbocycles. The quantitative estimate of drug-likeness (QED) is 0.838. The van der Waals surface area contributed by atoms with Gasteiger partial charge in [-0.15, -0.1) is 0 Å². The van der Waals surface area contributed by atoms with Crippen LogP contribution in [0.2, 0.25) is 0 Å². The molecular weight excluding hydrogens is 335 g/mol. The van der Waals surface area contributed by atoms with E-state index in [1.54, 1.807) is 18.2 Å². The summed E-state index contributed by atoms with van der Waals surface area (Å²) in [5.74, 6) is 0.118. The van der Waals surface area contributed by atoms with Gasteiger partial charge in [0.2, 0.25) is 0 Å². The summed E-state index contributed by atoms with van der Waals surface area (Å²) in [6.45, 7) is 0.316. The topological polar surface area (TPSA) is 32.3 Å². The molecule has 0 unspecified atom stereocenters. The number of benzene rings is 2. The monoisotopic (exact) mass is 345 g/mol. The van der Waals surface area contributed by atoms with Crippen LogP contribution in [0.5, 0.6) is 5.75 Å². The van der Waals surface area contributed by atoms with Crippen LogP contribution in [-0.4, -0.2) is 5.11 Å². The Bertz CT molecular complexity index is 596. The molecule has 0 aliphatic heterocycles. The number of phenols is 1. The number of alkyl halides is 3. The smallest absolute Gasteiger partial charge is 0.416 e. The van der Waals surface area contributed by atoms with E-state index < -0.39 is 11.7 Å². The zero-order chi connectivity index (χ0) is 14.8. The molecule has 0 aliphatic rings. The van der Waals surface area contributed by atoms with Crippen LogP contribution in [0.4, 0.5) is 18.9 Å². The van der Waals surface area contributed by atoms with Crippen LogP contribution in [0.25, 0.3) is 0 Å². The van der Waals surface area contributed by atoms with E-state index in [1.807, 2.05) is 0 Å². The van der Waals surface area contributed by atoms with Gasteiger partial charge in [0.05, 0.1) is 10.0 Å². The van der Waals surface area contributed by atoms with E-state index in [1.165, 1.54) is 12.1 Å². The number of nitrogens with one attached hydrogen (secondary N) is 1. The number of phenolic OH excluding ortho intramolecular Hbond substituents is 1. The van der Waals surface area contributed by atoms with Gasteiger partial charge in [0.25, 0.3) is 0 Å². The molecule has 0 bridgehead atoms. The van der Waals surface area contributed by atoms with Gasteiger partial charge in [-0.25, -0.2) is 0 Å². The summed E-state index contributed by atoms with van der Waals surface area (Å²) >= 11 is 3.20. The average molecular weight is 346 g/mol. The van der Waals surface area contributed by atoms with Crippen molar-refractivity contribution in [1.29, 1.82) is 0 Å². The first-order valence-electron chi connectivity index (χ1n) is 5.75. The molecular formula is C14H11BrF3NO. The van der Waals surface area contributed by atoms with E-state index in [9.17, 15) is 18.3 Å². The summed E-state index contributed by atoms with van der Waals surface area (Å²) < 4.78 is 37.8.